The average molecular weight is 352 g/mol. The Morgan fingerprint density at radius 1 is 1.04 bits per heavy atom. The lowest BCUT2D eigenvalue weighted by atomic mass is 9.94. The predicted octanol–water partition coefficient (Wildman–Crippen LogP) is 1.15. The maximum atomic E-state index is 12.9. The molecule has 2 aromatic heterocycles. The van der Waals surface area contributed by atoms with Crippen molar-refractivity contribution in [1.82, 2.24) is 19.8 Å². The molecule has 2 amide bonds. The fraction of sp³-hybridized carbons (Fsp3) is 0.368. The molecule has 3 aliphatic heterocycles. The van der Waals surface area contributed by atoms with E-state index in [-0.39, 0.29) is 34.9 Å². The Labute approximate surface area is 150 Å². The van der Waals surface area contributed by atoms with Crippen molar-refractivity contribution in [3.63, 3.8) is 0 Å². The zero-order valence-corrected chi connectivity index (χ0v) is 14.3. The SMILES string of the molecule is O=C(c1ccccn1)N1C[C@@H]2CC[C@H](C1)N(C(=O)c1ccc[nH]c1=O)C2. The molecule has 2 atom stereocenters. The van der Waals surface area contributed by atoms with Crippen LogP contribution in [-0.4, -0.2) is 57.3 Å². The first kappa shape index (κ1) is 16.5. The molecular formula is C19H20N4O3. The van der Waals surface area contributed by atoms with Crippen LogP contribution >= 0.6 is 0 Å². The van der Waals surface area contributed by atoms with Gasteiger partial charge in [0.1, 0.15) is 11.3 Å². The number of hydrogen-bond donors (Lipinski definition) is 1. The van der Waals surface area contributed by atoms with Gasteiger partial charge in [0.15, 0.2) is 0 Å². The summed E-state index contributed by atoms with van der Waals surface area (Å²) in [6.07, 6.45) is 4.94. The Balaban J connectivity index is 1.57. The van der Waals surface area contributed by atoms with Crippen molar-refractivity contribution in [2.75, 3.05) is 19.6 Å². The molecule has 2 bridgehead atoms. The Hall–Kier alpha value is -2.96. The number of aromatic nitrogens is 2. The van der Waals surface area contributed by atoms with E-state index < -0.39 is 0 Å². The molecule has 5 heterocycles. The minimum absolute atomic E-state index is 0.0754. The summed E-state index contributed by atoms with van der Waals surface area (Å²) in [5.74, 6) is -0.142. The Morgan fingerprint density at radius 3 is 2.69 bits per heavy atom. The van der Waals surface area contributed by atoms with Crippen molar-refractivity contribution in [2.45, 2.75) is 18.9 Å². The minimum atomic E-state index is -0.376. The van der Waals surface area contributed by atoms with Gasteiger partial charge in [0.05, 0.1) is 0 Å². The first-order valence-electron chi connectivity index (χ1n) is 8.82. The first-order valence-corrected chi connectivity index (χ1v) is 8.82. The van der Waals surface area contributed by atoms with E-state index in [1.807, 2.05) is 0 Å². The van der Waals surface area contributed by atoms with Crippen LogP contribution in [0, 0.1) is 5.92 Å². The highest BCUT2D eigenvalue weighted by Crippen LogP contribution is 2.29. The lowest BCUT2D eigenvalue weighted by Crippen LogP contribution is -2.48. The summed E-state index contributed by atoms with van der Waals surface area (Å²) < 4.78 is 0. The molecule has 2 aromatic rings. The van der Waals surface area contributed by atoms with E-state index >= 15 is 0 Å². The number of aromatic amines is 1. The highest BCUT2D eigenvalue weighted by molar-refractivity contribution is 5.95. The summed E-state index contributed by atoms with van der Waals surface area (Å²) in [5, 5.41) is 0. The second-order valence-corrected chi connectivity index (χ2v) is 6.89. The normalized spacial score (nSPS) is 22.2. The van der Waals surface area contributed by atoms with Gasteiger partial charge in [-0.05, 0) is 43.0 Å². The molecule has 0 unspecified atom stereocenters. The molecule has 5 rings (SSSR count). The summed E-state index contributed by atoms with van der Waals surface area (Å²) in [6.45, 7) is 1.66. The van der Waals surface area contributed by atoms with Gasteiger partial charge in [0, 0.05) is 38.1 Å². The topological polar surface area (TPSA) is 86.4 Å². The van der Waals surface area contributed by atoms with Gasteiger partial charge < -0.3 is 14.8 Å². The van der Waals surface area contributed by atoms with Crippen molar-refractivity contribution in [3.05, 3.63) is 64.3 Å². The standard InChI is InChI=1S/C19H20N4O3/c24-17-15(4-3-9-21-17)18(25)23-11-13-6-7-14(23)12-22(10-13)19(26)16-5-1-2-8-20-16/h1-5,8-9,13-14H,6-7,10-12H2,(H,21,24)/t13-,14+/m0/s1. The van der Waals surface area contributed by atoms with Crippen molar-refractivity contribution in [2.24, 2.45) is 5.92 Å². The van der Waals surface area contributed by atoms with Crippen LogP contribution in [0.3, 0.4) is 0 Å². The number of nitrogens with zero attached hydrogens (tertiary/aromatic N) is 3. The first-order chi connectivity index (χ1) is 12.6. The van der Waals surface area contributed by atoms with Gasteiger partial charge in [-0.15, -0.1) is 0 Å². The second-order valence-electron chi connectivity index (χ2n) is 6.89. The lowest BCUT2D eigenvalue weighted by molar-refractivity contribution is 0.0572. The van der Waals surface area contributed by atoms with Gasteiger partial charge in [-0.2, -0.15) is 0 Å². The zero-order chi connectivity index (χ0) is 18.1. The van der Waals surface area contributed by atoms with Crippen LogP contribution in [0.2, 0.25) is 0 Å². The number of piperidine rings is 1. The summed E-state index contributed by atoms with van der Waals surface area (Å²) in [7, 11) is 0. The molecule has 1 N–H and O–H groups in total. The number of pyridine rings is 2. The van der Waals surface area contributed by atoms with Crippen molar-refractivity contribution in [3.8, 4) is 0 Å². The quantitative estimate of drug-likeness (QED) is 0.878. The van der Waals surface area contributed by atoms with Gasteiger partial charge in [0.25, 0.3) is 17.4 Å². The van der Waals surface area contributed by atoms with Crippen LogP contribution in [0.1, 0.15) is 33.7 Å². The van der Waals surface area contributed by atoms with E-state index in [2.05, 4.69) is 9.97 Å². The second kappa shape index (κ2) is 6.74. The molecule has 3 aliphatic rings. The zero-order valence-electron chi connectivity index (χ0n) is 14.3. The van der Waals surface area contributed by atoms with Gasteiger partial charge >= 0.3 is 0 Å². The molecule has 26 heavy (non-hydrogen) atoms. The number of fused-ring (bicyclic) bond motifs is 4. The number of nitrogens with one attached hydrogen (secondary N) is 1. The van der Waals surface area contributed by atoms with E-state index in [0.717, 1.165) is 12.8 Å². The van der Waals surface area contributed by atoms with Crippen molar-refractivity contribution >= 4 is 11.8 Å². The average Bonchev–Trinajstić information content (AvgIpc) is 3.00. The van der Waals surface area contributed by atoms with E-state index in [1.165, 1.54) is 6.20 Å². The Morgan fingerprint density at radius 2 is 1.92 bits per heavy atom. The summed E-state index contributed by atoms with van der Waals surface area (Å²) >= 11 is 0. The summed E-state index contributed by atoms with van der Waals surface area (Å²) in [4.78, 5) is 47.9. The third kappa shape index (κ3) is 3.00. The molecule has 0 saturated carbocycles. The third-order valence-corrected chi connectivity index (χ3v) is 5.19. The molecule has 0 aliphatic carbocycles. The number of amides is 2. The summed E-state index contributed by atoms with van der Waals surface area (Å²) in [5.41, 5.74) is 0.202. The van der Waals surface area contributed by atoms with Gasteiger partial charge in [-0.25, -0.2) is 0 Å². The highest BCUT2D eigenvalue weighted by atomic mass is 16.2. The highest BCUT2D eigenvalue weighted by Gasteiger charge is 2.39. The molecule has 7 heteroatoms. The number of carbonyl (C=O) groups excluding carboxylic acids is 2. The van der Waals surface area contributed by atoms with Crippen LogP contribution < -0.4 is 5.56 Å². The number of hydrogen-bond acceptors (Lipinski definition) is 4. The molecule has 134 valence electrons. The molecule has 0 spiro atoms. The lowest BCUT2D eigenvalue weighted by Gasteiger charge is -2.35. The van der Waals surface area contributed by atoms with Crippen LogP contribution in [0.5, 0.6) is 0 Å². The predicted molar refractivity (Wildman–Crippen MR) is 94.8 cm³/mol. The fourth-order valence-corrected chi connectivity index (χ4v) is 3.89. The molecule has 0 radical (unpaired) electrons. The molecule has 7 nitrogen and oxygen atoms in total. The van der Waals surface area contributed by atoms with E-state index in [4.69, 9.17) is 0 Å². The van der Waals surface area contributed by atoms with Crippen molar-refractivity contribution < 1.29 is 9.59 Å². The smallest absolute Gasteiger partial charge is 0.272 e. The number of rotatable bonds is 2. The van der Waals surface area contributed by atoms with E-state index in [9.17, 15) is 14.4 Å². The number of H-pyrrole nitrogens is 1. The van der Waals surface area contributed by atoms with Crippen molar-refractivity contribution in [1.29, 1.82) is 0 Å². The largest absolute Gasteiger partial charge is 0.335 e. The van der Waals surface area contributed by atoms with Gasteiger partial charge in [-0.1, -0.05) is 6.07 Å². The maximum absolute atomic E-state index is 12.9. The van der Waals surface area contributed by atoms with E-state index in [1.54, 1.807) is 46.3 Å². The van der Waals surface area contributed by atoms with Gasteiger partial charge in [0.2, 0.25) is 0 Å². The third-order valence-electron chi connectivity index (χ3n) is 5.19. The van der Waals surface area contributed by atoms with Crippen LogP contribution in [0.25, 0.3) is 0 Å². The summed E-state index contributed by atoms with van der Waals surface area (Å²) in [6, 6.07) is 8.42. The van der Waals surface area contributed by atoms with Crippen LogP contribution in [-0.2, 0) is 0 Å². The molecule has 0 aromatic carbocycles. The van der Waals surface area contributed by atoms with Crippen LogP contribution in [0.4, 0.5) is 0 Å². The molecular weight excluding hydrogens is 332 g/mol. The fourth-order valence-electron chi connectivity index (χ4n) is 3.89. The van der Waals surface area contributed by atoms with Crippen LogP contribution in [0.15, 0.2) is 47.5 Å². The van der Waals surface area contributed by atoms with Gasteiger partial charge in [-0.3, -0.25) is 19.4 Å². The number of carbonyl (C=O) groups is 2. The van der Waals surface area contributed by atoms with E-state index in [0.29, 0.717) is 25.3 Å². The molecule has 3 fully saturated rings. The minimum Gasteiger partial charge on any atom is -0.335 e. The maximum Gasteiger partial charge on any atom is 0.272 e. The molecule has 3 saturated heterocycles. The monoisotopic (exact) mass is 352 g/mol. The Bertz CT molecular complexity index is 880. The Kier molecular flexibility index (Phi) is 4.28.